The lowest BCUT2D eigenvalue weighted by Crippen LogP contribution is -2.26. The number of pyridine rings is 1. The molecule has 0 spiro atoms. The summed E-state index contributed by atoms with van der Waals surface area (Å²) in [5.74, 6) is 1.46. The van der Waals surface area contributed by atoms with Crippen LogP contribution in [0, 0.1) is 0 Å². The Kier molecular flexibility index (Phi) is 7.91. The molecule has 0 unspecified atom stereocenters. The molecule has 7 nitrogen and oxygen atoms in total. The fourth-order valence-corrected chi connectivity index (χ4v) is 3.24. The van der Waals surface area contributed by atoms with Gasteiger partial charge >= 0.3 is 0 Å². The Morgan fingerprint density at radius 2 is 1.69 bits per heavy atom. The van der Waals surface area contributed by atoms with Gasteiger partial charge in [0.05, 0.1) is 27.0 Å². The number of methoxy groups -OCH3 is 2. The minimum atomic E-state index is -0.214. The fourth-order valence-electron chi connectivity index (χ4n) is 3.24. The van der Waals surface area contributed by atoms with Gasteiger partial charge in [-0.2, -0.15) is 0 Å². The minimum absolute atomic E-state index is 0.100. The maximum Gasteiger partial charge on any atom is 0.223 e. The third-order valence-corrected chi connectivity index (χ3v) is 5.10. The molecule has 0 aliphatic carbocycles. The summed E-state index contributed by atoms with van der Waals surface area (Å²) in [5.41, 5.74) is 2.45. The standard InChI is InChI=1S/C25H28N2O5/c1-27-16-24(32-17-19-7-5-4-6-8-19)21(28)14-20(27)15-26-25(29)12-10-18-9-11-22(30-2)23(13-18)31-3/h4-9,11,13-14,16H,10,12,15,17H2,1-3H3,(H,26,29). The predicted molar refractivity (Wildman–Crippen MR) is 122 cm³/mol. The minimum Gasteiger partial charge on any atom is -0.493 e. The molecule has 1 aromatic heterocycles. The Hall–Kier alpha value is -3.74. The maximum atomic E-state index is 12.4. The first-order chi connectivity index (χ1) is 15.5. The molecule has 2 aromatic carbocycles. The van der Waals surface area contributed by atoms with E-state index < -0.39 is 0 Å². The highest BCUT2D eigenvalue weighted by atomic mass is 16.5. The number of aryl methyl sites for hydroxylation is 2. The zero-order chi connectivity index (χ0) is 22.9. The third kappa shape index (κ3) is 6.14. The number of aromatic nitrogens is 1. The average Bonchev–Trinajstić information content (AvgIpc) is 2.82. The normalized spacial score (nSPS) is 10.5. The van der Waals surface area contributed by atoms with E-state index >= 15 is 0 Å². The molecule has 0 aliphatic heterocycles. The van der Waals surface area contributed by atoms with Gasteiger partial charge in [0.1, 0.15) is 6.61 Å². The number of carbonyl (C=O) groups is 1. The smallest absolute Gasteiger partial charge is 0.223 e. The van der Waals surface area contributed by atoms with Gasteiger partial charge in [0.25, 0.3) is 0 Å². The number of nitrogens with one attached hydrogen (secondary N) is 1. The topological polar surface area (TPSA) is 78.8 Å². The van der Waals surface area contributed by atoms with Crippen molar-refractivity contribution in [3.05, 3.63) is 87.8 Å². The number of rotatable bonds is 10. The molecule has 1 N–H and O–H groups in total. The molecule has 3 rings (SSSR count). The van der Waals surface area contributed by atoms with Crippen LogP contribution in [0.1, 0.15) is 23.2 Å². The van der Waals surface area contributed by atoms with Crippen molar-refractivity contribution in [2.24, 2.45) is 7.05 Å². The van der Waals surface area contributed by atoms with E-state index in [0.717, 1.165) is 11.1 Å². The van der Waals surface area contributed by atoms with Crippen LogP contribution < -0.4 is 25.0 Å². The summed E-state index contributed by atoms with van der Waals surface area (Å²) in [7, 11) is 4.98. The molecule has 0 atom stereocenters. The molecule has 0 radical (unpaired) electrons. The highest BCUT2D eigenvalue weighted by molar-refractivity contribution is 5.76. The molecule has 0 aliphatic rings. The SMILES string of the molecule is COc1ccc(CCC(=O)NCc2cc(=O)c(OCc3ccccc3)cn2C)cc1OC. The number of ether oxygens (including phenoxy) is 3. The van der Waals surface area contributed by atoms with E-state index in [1.54, 1.807) is 25.0 Å². The molecule has 0 saturated carbocycles. The van der Waals surface area contributed by atoms with Crippen LogP contribution in [-0.4, -0.2) is 24.7 Å². The van der Waals surface area contributed by atoms with Gasteiger partial charge in [-0.3, -0.25) is 9.59 Å². The van der Waals surface area contributed by atoms with Gasteiger partial charge in [0.2, 0.25) is 11.3 Å². The second-order valence-corrected chi connectivity index (χ2v) is 7.34. The van der Waals surface area contributed by atoms with E-state index in [1.807, 2.05) is 55.6 Å². The van der Waals surface area contributed by atoms with Crippen LogP contribution in [0.5, 0.6) is 17.2 Å². The van der Waals surface area contributed by atoms with Crippen molar-refractivity contribution in [2.45, 2.75) is 26.0 Å². The van der Waals surface area contributed by atoms with Crippen LogP contribution in [0.15, 0.2) is 65.6 Å². The molecule has 1 heterocycles. The summed E-state index contributed by atoms with van der Waals surface area (Å²) in [4.78, 5) is 24.7. The Balaban J connectivity index is 1.53. The summed E-state index contributed by atoms with van der Waals surface area (Å²) >= 11 is 0. The van der Waals surface area contributed by atoms with Gasteiger partial charge < -0.3 is 24.1 Å². The number of hydrogen-bond acceptors (Lipinski definition) is 5. The van der Waals surface area contributed by atoms with Gasteiger partial charge in [-0.25, -0.2) is 0 Å². The van der Waals surface area contributed by atoms with Crippen LogP contribution in [0.2, 0.25) is 0 Å². The molecule has 0 fully saturated rings. The Morgan fingerprint density at radius 3 is 2.41 bits per heavy atom. The quantitative estimate of drug-likeness (QED) is 0.528. The van der Waals surface area contributed by atoms with Crippen molar-refractivity contribution >= 4 is 5.91 Å². The first kappa shape index (κ1) is 22.9. The van der Waals surface area contributed by atoms with Gasteiger partial charge in [0, 0.05) is 25.2 Å². The van der Waals surface area contributed by atoms with Gasteiger partial charge in [0.15, 0.2) is 17.2 Å². The van der Waals surface area contributed by atoms with Crippen molar-refractivity contribution < 1.29 is 19.0 Å². The average molecular weight is 437 g/mol. The summed E-state index contributed by atoms with van der Waals surface area (Å²) in [6, 6.07) is 16.8. The molecule has 7 heteroatoms. The number of nitrogens with zero attached hydrogens (tertiary/aromatic N) is 1. The molecule has 0 bridgehead atoms. The second-order valence-electron chi connectivity index (χ2n) is 7.34. The summed E-state index contributed by atoms with van der Waals surface area (Å²) in [6.07, 6.45) is 2.54. The van der Waals surface area contributed by atoms with Gasteiger partial charge in [-0.15, -0.1) is 0 Å². The van der Waals surface area contributed by atoms with E-state index in [9.17, 15) is 9.59 Å². The Morgan fingerprint density at radius 1 is 0.938 bits per heavy atom. The second kappa shape index (κ2) is 11.0. The lowest BCUT2D eigenvalue weighted by atomic mass is 10.1. The maximum absolute atomic E-state index is 12.4. The van der Waals surface area contributed by atoms with Crippen LogP contribution >= 0.6 is 0 Å². The van der Waals surface area contributed by atoms with Crippen LogP contribution in [0.3, 0.4) is 0 Å². The lowest BCUT2D eigenvalue weighted by molar-refractivity contribution is -0.121. The Bertz CT molecular complexity index is 1110. The van der Waals surface area contributed by atoms with E-state index in [0.29, 0.717) is 36.6 Å². The lowest BCUT2D eigenvalue weighted by Gasteiger charge is -2.13. The number of carbonyl (C=O) groups excluding carboxylic acids is 1. The van der Waals surface area contributed by atoms with Crippen molar-refractivity contribution in [3.8, 4) is 17.2 Å². The predicted octanol–water partition coefficient (Wildman–Crippen LogP) is 3.23. The molecule has 3 aromatic rings. The van der Waals surface area contributed by atoms with Crippen LogP contribution in [-0.2, 0) is 31.4 Å². The molecule has 0 saturated heterocycles. The number of hydrogen-bond donors (Lipinski definition) is 1. The van der Waals surface area contributed by atoms with Crippen molar-refractivity contribution in [3.63, 3.8) is 0 Å². The molecule has 32 heavy (non-hydrogen) atoms. The summed E-state index contributed by atoms with van der Waals surface area (Å²) in [6.45, 7) is 0.581. The number of amides is 1. The Labute approximate surface area is 187 Å². The largest absolute Gasteiger partial charge is 0.493 e. The van der Waals surface area contributed by atoms with Crippen LogP contribution in [0.4, 0.5) is 0 Å². The van der Waals surface area contributed by atoms with E-state index in [4.69, 9.17) is 14.2 Å². The van der Waals surface area contributed by atoms with Crippen molar-refractivity contribution in [2.75, 3.05) is 14.2 Å². The van der Waals surface area contributed by atoms with E-state index in [2.05, 4.69) is 5.32 Å². The van der Waals surface area contributed by atoms with Gasteiger partial charge in [-0.05, 0) is 29.7 Å². The van der Waals surface area contributed by atoms with Crippen molar-refractivity contribution in [1.29, 1.82) is 0 Å². The molecule has 168 valence electrons. The first-order valence-electron chi connectivity index (χ1n) is 10.3. The zero-order valence-corrected chi connectivity index (χ0v) is 18.6. The van der Waals surface area contributed by atoms with E-state index in [-0.39, 0.29) is 23.6 Å². The van der Waals surface area contributed by atoms with E-state index in [1.165, 1.54) is 6.07 Å². The summed E-state index contributed by atoms with van der Waals surface area (Å²) in [5, 5.41) is 2.87. The third-order valence-electron chi connectivity index (χ3n) is 5.10. The molecule has 1 amide bonds. The molecular weight excluding hydrogens is 408 g/mol. The monoisotopic (exact) mass is 436 g/mol. The zero-order valence-electron chi connectivity index (χ0n) is 18.6. The first-order valence-corrected chi connectivity index (χ1v) is 10.3. The fraction of sp³-hybridized carbons (Fsp3) is 0.280. The summed E-state index contributed by atoms with van der Waals surface area (Å²) < 4.78 is 18.0. The number of benzene rings is 2. The highest BCUT2D eigenvalue weighted by Gasteiger charge is 2.10. The molecular formula is C25H28N2O5. The van der Waals surface area contributed by atoms with Crippen LogP contribution in [0.25, 0.3) is 0 Å². The highest BCUT2D eigenvalue weighted by Crippen LogP contribution is 2.27. The van der Waals surface area contributed by atoms with Gasteiger partial charge in [-0.1, -0.05) is 36.4 Å². The van der Waals surface area contributed by atoms with Crippen molar-refractivity contribution in [1.82, 2.24) is 9.88 Å².